The number of hydrogen-bond donors (Lipinski definition) is 4. The summed E-state index contributed by atoms with van der Waals surface area (Å²) in [7, 11) is 0. The van der Waals surface area contributed by atoms with Gasteiger partial charge < -0.3 is 30.5 Å². The first kappa shape index (κ1) is 38.7. The predicted octanol–water partition coefficient (Wildman–Crippen LogP) is 4.83. The maximum absolute atomic E-state index is 13.8. The normalized spacial score (nSPS) is 18.8. The molecule has 4 atom stereocenters. The molecule has 1 unspecified atom stereocenters. The minimum Gasteiger partial charge on any atom is -0.387 e. The second kappa shape index (κ2) is 17.1. The van der Waals surface area contributed by atoms with Crippen LogP contribution in [0, 0.1) is 29.6 Å². The lowest BCUT2D eigenvalue weighted by molar-refractivity contribution is -0.139. The number of fused-ring (bicyclic) bond motifs is 1. The van der Waals surface area contributed by atoms with Crippen LogP contribution < -0.4 is 10.6 Å². The molecular weight excluding hydrogens is 747 g/mol. The quantitative estimate of drug-likeness (QED) is 0.178. The Hall–Kier alpha value is -5.54. The first-order chi connectivity index (χ1) is 27.1. The number of nitrogens with zero attached hydrogens (tertiary/aromatic N) is 4. The summed E-state index contributed by atoms with van der Waals surface area (Å²) in [5.74, 6) is 12.5. The van der Waals surface area contributed by atoms with Crippen LogP contribution in [0.1, 0.15) is 93.2 Å². The lowest BCUT2D eigenvalue weighted by Gasteiger charge is -2.30. The van der Waals surface area contributed by atoms with Gasteiger partial charge in [-0.15, -0.1) is 22.7 Å². The average molecular weight is 790 g/mol. The van der Waals surface area contributed by atoms with Crippen molar-refractivity contribution < 1.29 is 24.3 Å². The number of amides is 4. The number of likely N-dealkylation sites (tertiary alicyclic amines) is 2. The van der Waals surface area contributed by atoms with Crippen molar-refractivity contribution in [2.45, 2.75) is 77.0 Å². The molecule has 3 aromatic heterocycles. The molecule has 2 saturated heterocycles. The van der Waals surface area contributed by atoms with E-state index in [0.29, 0.717) is 31.0 Å². The monoisotopic (exact) mass is 789 g/mol. The molecule has 12 nitrogen and oxygen atoms in total. The number of aromatic nitrogens is 2. The van der Waals surface area contributed by atoms with Crippen LogP contribution in [0.2, 0.25) is 0 Å². The van der Waals surface area contributed by atoms with Gasteiger partial charge in [-0.2, -0.15) is 0 Å². The van der Waals surface area contributed by atoms with E-state index in [1.54, 1.807) is 40.0 Å². The number of hydrogen-bond acceptors (Lipinski definition) is 9. The second-order valence-electron chi connectivity index (χ2n) is 14.5. The molecule has 4 N–H and O–H groups in total. The summed E-state index contributed by atoms with van der Waals surface area (Å²) in [6, 6.07) is 7.46. The highest BCUT2D eigenvalue weighted by atomic mass is 32.1. The maximum atomic E-state index is 13.8. The van der Waals surface area contributed by atoms with Crippen LogP contribution in [0.5, 0.6) is 0 Å². The first-order valence-electron chi connectivity index (χ1n) is 18.8. The number of aliphatic imine (C=N–C) groups is 1. The number of benzene rings is 1. The summed E-state index contributed by atoms with van der Waals surface area (Å²) in [5.41, 5.74) is 5.04. The van der Waals surface area contributed by atoms with E-state index in [9.17, 15) is 24.3 Å². The van der Waals surface area contributed by atoms with Gasteiger partial charge >= 0.3 is 0 Å². The van der Waals surface area contributed by atoms with Crippen LogP contribution in [0.15, 0.2) is 64.1 Å². The standard InChI is InChI=1S/C42H43N7O5S2/c1-25(2)36(47-35(52)22-50)41(53)49-18-8-12-34(49)40-44-21-31(46-40)16-15-30-24-56-38-29(23-55-39(30)38)14-13-27-19-32(43-20-27)33-11-7-17-48(33)42(54)37(45-26(3)51)28-9-5-4-6-10-28/h4-6,9-10,20-21,23-25,33-34,36-37,50H,7-8,11-12,17-19,22H2,1-3H3,(H,44,46)(H,45,51)(H,47,52)/t33?,34-,36-,37+/m0/s1. The molecule has 288 valence electrons. The van der Waals surface area contributed by atoms with Gasteiger partial charge in [-0.1, -0.05) is 61.9 Å². The fraction of sp³-hybridized carbons (Fsp3) is 0.381. The third kappa shape index (κ3) is 8.33. The molecule has 56 heavy (non-hydrogen) atoms. The molecule has 0 saturated carbocycles. The smallest absolute Gasteiger partial charge is 0.250 e. The fourth-order valence-corrected chi connectivity index (χ4v) is 9.65. The number of carbonyl (C=O) groups excluding carboxylic acids is 4. The van der Waals surface area contributed by atoms with Gasteiger partial charge in [-0.3, -0.25) is 24.2 Å². The Morgan fingerprint density at radius 3 is 2.23 bits per heavy atom. The van der Waals surface area contributed by atoms with Crippen LogP contribution in [-0.4, -0.2) is 86.0 Å². The second-order valence-corrected chi connectivity index (χ2v) is 16.2. The summed E-state index contributed by atoms with van der Waals surface area (Å²) >= 11 is 3.20. The summed E-state index contributed by atoms with van der Waals surface area (Å²) in [6.45, 7) is 5.65. The number of aliphatic hydroxyl groups excluding tert-OH is 1. The molecule has 0 radical (unpaired) electrons. The SMILES string of the molecule is CC(=O)N[C@@H](C(=O)N1CCCC1C1=NC=C(C#Cc2csc3c(C#Cc4cnc([C@@H]5CCCN5C(=O)[C@@H](NC(=O)CO)C(C)C)[nH]4)csc23)C1)c1ccccc1. The van der Waals surface area contributed by atoms with Crippen LogP contribution in [-0.2, 0) is 19.2 Å². The van der Waals surface area contributed by atoms with Crippen LogP contribution in [0.4, 0.5) is 0 Å². The Morgan fingerprint density at radius 1 is 0.911 bits per heavy atom. The highest BCUT2D eigenvalue weighted by molar-refractivity contribution is 7.26. The van der Waals surface area contributed by atoms with E-state index in [0.717, 1.165) is 63.1 Å². The molecular formula is C42H43N7O5S2. The molecule has 7 rings (SSSR count). The minimum atomic E-state index is -0.749. The van der Waals surface area contributed by atoms with Crippen molar-refractivity contribution >= 4 is 61.4 Å². The number of aromatic amines is 1. The summed E-state index contributed by atoms with van der Waals surface area (Å²) < 4.78 is 2.13. The third-order valence-electron chi connectivity index (χ3n) is 10.2. The zero-order valence-electron chi connectivity index (χ0n) is 31.4. The van der Waals surface area contributed by atoms with Crippen molar-refractivity contribution in [3.63, 3.8) is 0 Å². The topological polar surface area (TPSA) is 160 Å². The number of nitrogens with one attached hydrogen (secondary N) is 3. The molecule has 14 heteroatoms. The predicted molar refractivity (Wildman–Crippen MR) is 217 cm³/mol. The molecule has 3 aliphatic heterocycles. The van der Waals surface area contributed by atoms with Crippen molar-refractivity contribution in [2.24, 2.45) is 10.9 Å². The highest BCUT2D eigenvalue weighted by Crippen LogP contribution is 2.35. The van der Waals surface area contributed by atoms with Crippen molar-refractivity contribution in [1.82, 2.24) is 30.4 Å². The van der Waals surface area contributed by atoms with Gasteiger partial charge in [-0.25, -0.2) is 4.98 Å². The van der Waals surface area contributed by atoms with E-state index in [1.165, 1.54) is 6.92 Å². The van der Waals surface area contributed by atoms with Gasteiger partial charge in [0.25, 0.3) is 0 Å². The number of imidazole rings is 1. The molecule has 0 bridgehead atoms. The highest BCUT2D eigenvalue weighted by Gasteiger charge is 2.38. The van der Waals surface area contributed by atoms with Crippen molar-refractivity contribution in [3.05, 3.63) is 87.3 Å². The van der Waals surface area contributed by atoms with Crippen molar-refractivity contribution in [1.29, 1.82) is 0 Å². The van der Waals surface area contributed by atoms with Crippen molar-refractivity contribution in [2.75, 3.05) is 19.7 Å². The van der Waals surface area contributed by atoms with Crippen LogP contribution >= 0.6 is 22.7 Å². The van der Waals surface area contributed by atoms with Gasteiger partial charge in [0.2, 0.25) is 23.6 Å². The molecule has 0 aliphatic carbocycles. The Balaban J connectivity index is 0.991. The van der Waals surface area contributed by atoms with Crippen LogP contribution in [0.3, 0.4) is 0 Å². The number of H-pyrrole nitrogens is 1. The Morgan fingerprint density at radius 2 is 1.57 bits per heavy atom. The largest absolute Gasteiger partial charge is 0.387 e. The van der Waals surface area contributed by atoms with Gasteiger partial charge in [0.1, 0.15) is 30.2 Å². The van der Waals surface area contributed by atoms with Gasteiger partial charge in [-0.05, 0) is 43.1 Å². The molecule has 6 heterocycles. The average Bonchev–Trinajstić information content (AvgIpc) is 4.04. The van der Waals surface area contributed by atoms with Gasteiger partial charge in [0, 0.05) is 54.7 Å². The van der Waals surface area contributed by atoms with Gasteiger partial charge in [0.05, 0.1) is 38.8 Å². The van der Waals surface area contributed by atoms with Crippen LogP contribution in [0.25, 0.3) is 9.40 Å². The molecule has 4 aromatic rings. The number of aliphatic hydroxyl groups is 1. The molecule has 0 spiro atoms. The van der Waals surface area contributed by atoms with E-state index in [1.807, 2.05) is 59.8 Å². The van der Waals surface area contributed by atoms with E-state index in [4.69, 9.17) is 4.99 Å². The van der Waals surface area contributed by atoms with E-state index in [2.05, 4.69) is 44.3 Å². The van der Waals surface area contributed by atoms with Gasteiger partial charge in [0.15, 0.2) is 0 Å². The number of rotatable bonds is 9. The molecule has 4 amide bonds. The Kier molecular flexibility index (Phi) is 11.8. The molecule has 2 fully saturated rings. The summed E-state index contributed by atoms with van der Waals surface area (Å²) in [6.07, 6.45) is 7.30. The van der Waals surface area contributed by atoms with E-state index < -0.39 is 24.6 Å². The number of thiophene rings is 2. The summed E-state index contributed by atoms with van der Waals surface area (Å²) in [5, 5.41) is 18.8. The number of allylic oxidation sites excluding steroid dienone is 1. The molecule has 1 aromatic carbocycles. The number of carbonyl (C=O) groups is 4. The maximum Gasteiger partial charge on any atom is 0.250 e. The third-order valence-corrected chi connectivity index (χ3v) is 12.4. The summed E-state index contributed by atoms with van der Waals surface area (Å²) in [4.78, 5) is 67.4. The zero-order chi connectivity index (χ0) is 39.3. The van der Waals surface area contributed by atoms with E-state index in [-0.39, 0.29) is 35.7 Å². The zero-order valence-corrected chi connectivity index (χ0v) is 33.1. The lowest BCUT2D eigenvalue weighted by Crippen LogP contribution is -2.51. The first-order valence-corrected chi connectivity index (χ1v) is 20.5. The Bertz CT molecular complexity index is 2330. The fourth-order valence-electron chi connectivity index (χ4n) is 7.48. The lowest BCUT2D eigenvalue weighted by atomic mass is 10.0. The Labute approximate surface area is 333 Å². The van der Waals surface area contributed by atoms with Crippen molar-refractivity contribution in [3.8, 4) is 23.7 Å². The minimum absolute atomic E-state index is 0.128. The van der Waals surface area contributed by atoms with E-state index >= 15 is 0 Å². The molecule has 3 aliphatic rings.